The summed E-state index contributed by atoms with van der Waals surface area (Å²) in [4.78, 5) is 11.0. The van der Waals surface area contributed by atoms with Crippen LogP contribution in [0.3, 0.4) is 0 Å². The van der Waals surface area contributed by atoms with Crippen molar-refractivity contribution in [2.75, 3.05) is 17.2 Å². The number of benzene rings is 1. The molecule has 21 heavy (non-hydrogen) atoms. The number of carbonyl (C=O) groups is 1. The summed E-state index contributed by atoms with van der Waals surface area (Å²) in [6, 6.07) is 5.27. The second-order valence-corrected chi connectivity index (χ2v) is 4.83. The third kappa shape index (κ3) is 4.44. The lowest BCUT2D eigenvalue weighted by Gasteiger charge is -2.08. The molecule has 0 aliphatic heterocycles. The summed E-state index contributed by atoms with van der Waals surface area (Å²) in [7, 11) is 0. The van der Waals surface area contributed by atoms with Gasteiger partial charge in [-0.3, -0.25) is 4.79 Å². The van der Waals surface area contributed by atoms with Crippen molar-refractivity contribution in [3.63, 3.8) is 0 Å². The average molecular weight is 310 g/mol. The van der Waals surface area contributed by atoms with Crippen LogP contribution >= 0.6 is 11.6 Å². The zero-order valence-electron chi connectivity index (χ0n) is 11.5. The van der Waals surface area contributed by atoms with E-state index in [1.54, 1.807) is 23.0 Å². The van der Waals surface area contributed by atoms with Gasteiger partial charge in [-0.2, -0.15) is 0 Å². The van der Waals surface area contributed by atoms with Crippen LogP contribution in [0.1, 0.15) is 12.6 Å². The summed E-state index contributed by atoms with van der Waals surface area (Å²) >= 11 is 6.09. The zero-order valence-corrected chi connectivity index (χ0v) is 12.3. The Balaban J connectivity index is 1.96. The minimum absolute atomic E-state index is 0.0243. The molecule has 2 rings (SSSR count). The van der Waals surface area contributed by atoms with Gasteiger partial charge in [0.2, 0.25) is 5.91 Å². The lowest BCUT2D eigenvalue weighted by atomic mass is 10.2. The van der Waals surface area contributed by atoms with Crippen LogP contribution in [0.2, 0.25) is 5.02 Å². The fraction of sp³-hybridized carbons (Fsp3) is 0.308. The van der Waals surface area contributed by atoms with Gasteiger partial charge >= 0.3 is 0 Å². The molecular formula is C13H16ClN5O2. The topological polar surface area (TPSA) is 92.1 Å². The van der Waals surface area contributed by atoms with Crippen molar-refractivity contribution < 1.29 is 9.90 Å². The Labute approximate surface area is 126 Å². The first-order valence-corrected chi connectivity index (χ1v) is 6.77. The van der Waals surface area contributed by atoms with Gasteiger partial charge in [0.25, 0.3) is 0 Å². The van der Waals surface area contributed by atoms with Crippen molar-refractivity contribution in [1.29, 1.82) is 0 Å². The molecule has 0 saturated carbocycles. The first-order chi connectivity index (χ1) is 10.1. The predicted molar refractivity (Wildman–Crippen MR) is 80.2 cm³/mol. The fourth-order valence-corrected chi connectivity index (χ4v) is 1.97. The number of nitrogens with one attached hydrogen (secondary N) is 2. The Morgan fingerprint density at radius 2 is 2.29 bits per heavy atom. The summed E-state index contributed by atoms with van der Waals surface area (Å²) in [6.45, 7) is 2.36. The van der Waals surface area contributed by atoms with Crippen LogP contribution in [0.4, 0.5) is 11.4 Å². The lowest BCUT2D eigenvalue weighted by molar-refractivity contribution is -0.114. The lowest BCUT2D eigenvalue weighted by Crippen LogP contribution is -2.06. The summed E-state index contributed by atoms with van der Waals surface area (Å²) in [6.07, 6.45) is 1.76. The molecule has 0 spiro atoms. The van der Waals surface area contributed by atoms with E-state index in [1.165, 1.54) is 6.92 Å². The summed E-state index contributed by atoms with van der Waals surface area (Å²) in [5, 5.41) is 22.9. The van der Waals surface area contributed by atoms with Crippen molar-refractivity contribution in [2.24, 2.45) is 0 Å². The monoisotopic (exact) mass is 309 g/mol. The third-order valence-electron chi connectivity index (χ3n) is 2.67. The van der Waals surface area contributed by atoms with Gasteiger partial charge in [-0.15, -0.1) is 5.10 Å². The maximum atomic E-state index is 11.0. The van der Waals surface area contributed by atoms with Gasteiger partial charge in [0.1, 0.15) is 5.69 Å². The molecular weight excluding hydrogens is 294 g/mol. The average Bonchev–Trinajstić information content (AvgIpc) is 2.87. The summed E-state index contributed by atoms with van der Waals surface area (Å²) in [5.41, 5.74) is 2.14. The molecule has 0 fully saturated rings. The highest BCUT2D eigenvalue weighted by molar-refractivity contribution is 6.34. The number of hydrogen-bond acceptors (Lipinski definition) is 5. The molecule has 0 aliphatic rings. The van der Waals surface area contributed by atoms with Crippen LogP contribution in [0.5, 0.6) is 0 Å². The number of amides is 1. The van der Waals surface area contributed by atoms with Gasteiger partial charge in [0.15, 0.2) is 0 Å². The second kappa shape index (κ2) is 7.05. The minimum atomic E-state index is -0.168. The van der Waals surface area contributed by atoms with Gasteiger partial charge in [0.05, 0.1) is 36.6 Å². The molecule has 0 bridgehead atoms. The molecule has 0 saturated heterocycles. The summed E-state index contributed by atoms with van der Waals surface area (Å²) < 4.78 is 1.57. The predicted octanol–water partition coefficient (Wildman–Crippen LogP) is 1.49. The third-order valence-corrected chi connectivity index (χ3v) is 2.98. The normalized spacial score (nSPS) is 10.4. The number of hydrogen-bond donors (Lipinski definition) is 3. The number of nitrogens with zero attached hydrogens (tertiary/aromatic N) is 3. The fourth-order valence-electron chi connectivity index (χ4n) is 1.74. The highest BCUT2D eigenvalue weighted by atomic mass is 35.5. The number of carbonyl (C=O) groups excluding carboxylic acids is 1. The molecule has 0 atom stereocenters. The van der Waals surface area contributed by atoms with Gasteiger partial charge in [-0.25, -0.2) is 4.68 Å². The van der Waals surface area contributed by atoms with E-state index in [-0.39, 0.29) is 12.5 Å². The van der Waals surface area contributed by atoms with Crippen molar-refractivity contribution in [3.8, 4) is 0 Å². The Hall–Kier alpha value is -2.12. The Morgan fingerprint density at radius 1 is 1.48 bits per heavy atom. The molecule has 8 heteroatoms. The van der Waals surface area contributed by atoms with Gasteiger partial charge in [0, 0.05) is 12.6 Å². The first kappa shape index (κ1) is 15.3. The van der Waals surface area contributed by atoms with Crippen LogP contribution in [0.25, 0.3) is 0 Å². The highest BCUT2D eigenvalue weighted by Crippen LogP contribution is 2.25. The molecule has 7 nitrogen and oxygen atoms in total. The highest BCUT2D eigenvalue weighted by Gasteiger charge is 2.05. The van der Waals surface area contributed by atoms with Gasteiger partial charge in [-0.1, -0.05) is 16.8 Å². The Bertz CT molecular complexity index is 629. The standard InChI is InChI=1S/C13H16ClN5O2/c1-9(21)16-13-3-2-10(6-12(13)14)15-7-11-8-19(4-5-20)18-17-11/h2-3,6,8,15,20H,4-5,7H2,1H3,(H,16,21). The molecule has 1 amide bonds. The Morgan fingerprint density at radius 3 is 2.95 bits per heavy atom. The molecule has 0 radical (unpaired) electrons. The van der Waals surface area contributed by atoms with Crippen LogP contribution < -0.4 is 10.6 Å². The molecule has 0 unspecified atom stereocenters. The molecule has 1 aromatic carbocycles. The van der Waals surface area contributed by atoms with E-state index >= 15 is 0 Å². The summed E-state index contributed by atoms with van der Waals surface area (Å²) in [5.74, 6) is -0.168. The molecule has 3 N–H and O–H groups in total. The maximum Gasteiger partial charge on any atom is 0.221 e. The SMILES string of the molecule is CC(=O)Nc1ccc(NCc2cn(CCO)nn2)cc1Cl. The van der Waals surface area contributed by atoms with Crippen molar-refractivity contribution >= 4 is 28.9 Å². The smallest absolute Gasteiger partial charge is 0.221 e. The molecule has 1 heterocycles. The number of anilines is 2. The molecule has 0 aliphatic carbocycles. The minimum Gasteiger partial charge on any atom is -0.394 e. The molecule has 112 valence electrons. The van der Waals surface area contributed by atoms with Gasteiger partial charge in [-0.05, 0) is 18.2 Å². The van der Waals surface area contributed by atoms with E-state index in [4.69, 9.17) is 16.7 Å². The second-order valence-electron chi connectivity index (χ2n) is 4.43. The van der Waals surface area contributed by atoms with E-state index < -0.39 is 0 Å². The maximum absolute atomic E-state index is 11.0. The van der Waals surface area contributed by atoms with E-state index in [0.29, 0.717) is 23.8 Å². The van der Waals surface area contributed by atoms with Crippen LogP contribution in [-0.4, -0.2) is 32.6 Å². The number of rotatable bonds is 6. The number of halogens is 1. The Kier molecular flexibility index (Phi) is 5.13. The van der Waals surface area contributed by atoms with E-state index in [0.717, 1.165) is 11.4 Å². The van der Waals surface area contributed by atoms with Crippen LogP contribution in [0, 0.1) is 0 Å². The van der Waals surface area contributed by atoms with Crippen molar-refractivity contribution in [2.45, 2.75) is 20.0 Å². The van der Waals surface area contributed by atoms with E-state index in [2.05, 4.69) is 20.9 Å². The molecule has 1 aromatic heterocycles. The van der Waals surface area contributed by atoms with Crippen molar-refractivity contribution in [1.82, 2.24) is 15.0 Å². The zero-order chi connectivity index (χ0) is 15.2. The number of aliphatic hydroxyl groups is 1. The quantitative estimate of drug-likeness (QED) is 0.752. The molecule has 2 aromatic rings. The number of aliphatic hydroxyl groups excluding tert-OH is 1. The van der Waals surface area contributed by atoms with E-state index in [1.807, 2.05) is 6.07 Å². The number of aromatic nitrogens is 3. The van der Waals surface area contributed by atoms with Gasteiger partial charge < -0.3 is 15.7 Å². The van der Waals surface area contributed by atoms with E-state index in [9.17, 15) is 4.79 Å². The van der Waals surface area contributed by atoms with Crippen LogP contribution in [-0.2, 0) is 17.9 Å². The van der Waals surface area contributed by atoms with Crippen LogP contribution in [0.15, 0.2) is 24.4 Å². The van der Waals surface area contributed by atoms with Crippen molar-refractivity contribution in [3.05, 3.63) is 35.1 Å². The first-order valence-electron chi connectivity index (χ1n) is 6.39. The largest absolute Gasteiger partial charge is 0.394 e.